The van der Waals surface area contributed by atoms with Gasteiger partial charge in [-0.1, -0.05) is 0 Å². The predicted octanol–water partition coefficient (Wildman–Crippen LogP) is 3.03. The number of hydrogen-bond acceptors (Lipinski definition) is 3. The summed E-state index contributed by atoms with van der Waals surface area (Å²) in [4.78, 5) is 11.4. The van der Waals surface area contributed by atoms with Crippen LogP contribution in [0.4, 0.5) is 0 Å². The molecule has 0 radical (unpaired) electrons. The van der Waals surface area contributed by atoms with Crippen LogP contribution in [-0.4, -0.2) is 13.4 Å². The van der Waals surface area contributed by atoms with Gasteiger partial charge >= 0.3 is 0 Å². The van der Waals surface area contributed by atoms with Crippen LogP contribution in [0.5, 0.6) is 5.75 Å². The van der Waals surface area contributed by atoms with E-state index in [4.69, 9.17) is 4.74 Å². The first-order valence-corrected chi connectivity index (χ1v) is 5.10. The van der Waals surface area contributed by atoms with Gasteiger partial charge < -0.3 is 4.74 Å². The Morgan fingerprint density at radius 2 is 2.21 bits per heavy atom. The minimum atomic E-state index is 0.761. The number of ether oxygens (including phenoxy) is 1. The number of aldehydes is 1. The monoisotopic (exact) mass is 206 g/mol. The van der Waals surface area contributed by atoms with Gasteiger partial charge in [-0.05, 0) is 36.1 Å². The summed E-state index contributed by atoms with van der Waals surface area (Å²) in [6, 6.07) is 5.83. The molecule has 0 spiro atoms. The molecule has 0 aliphatic carbocycles. The summed E-state index contributed by atoms with van der Waals surface area (Å²) in [7, 11) is 1.65. The Hall–Kier alpha value is -1.35. The lowest BCUT2D eigenvalue weighted by molar-refractivity contribution is 0.112. The molecular formula is C11H10O2S. The molecule has 0 fully saturated rings. The Morgan fingerprint density at radius 1 is 1.43 bits per heavy atom. The molecule has 0 amide bonds. The van der Waals surface area contributed by atoms with Gasteiger partial charge in [0.25, 0.3) is 0 Å². The van der Waals surface area contributed by atoms with E-state index in [1.165, 1.54) is 11.3 Å². The van der Waals surface area contributed by atoms with Gasteiger partial charge in [0.05, 0.1) is 12.0 Å². The first-order chi connectivity index (χ1) is 6.76. The predicted molar refractivity (Wildman–Crippen MR) is 58.5 cm³/mol. The SMILES string of the molecule is COc1ccc2sc(C=O)cc2c1C. The number of benzene rings is 1. The van der Waals surface area contributed by atoms with Gasteiger partial charge in [-0.2, -0.15) is 0 Å². The fourth-order valence-corrected chi connectivity index (χ4v) is 2.47. The van der Waals surface area contributed by atoms with Gasteiger partial charge in [-0.15, -0.1) is 11.3 Å². The molecule has 0 bridgehead atoms. The molecule has 1 heterocycles. The molecule has 0 aliphatic heterocycles. The van der Waals surface area contributed by atoms with Crippen molar-refractivity contribution in [3.8, 4) is 5.75 Å². The number of rotatable bonds is 2. The third-order valence-electron chi connectivity index (χ3n) is 2.28. The van der Waals surface area contributed by atoms with Gasteiger partial charge in [0.2, 0.25) is 0 Å². The smallest absolute Gasteiger partial charge is 0.160 e. The lowest BCUT2D eigenvalue weighted by Crippen LogP contribution is -1.85. The van der Waals surface area contributed by atoms with Crippen LogP contribution in [0.3, 0.4) is 0 Å². The molecule has 0 N–H and O–H groups in total. The van der Waals surface area contributed by atoms with Crippen molar-refractivity contribution >= 4 is 27.7 Å². The first-order valence-electron chi connectivity index (χ1n) is 4.28. The Morgan fingerprint density at radius 3 is 2.86 bits per heavy atom. The zero-order valence-corrected chi connectivity index (χ0v) is 8.85. The minimum Gasteiger partial charge on any atom is -0.496 e. The van der Waals surface area contributed by atoms with E-state index in [2.05, 4.69) is 0 Å². The summed E-state index contributed by atoms with van der Waals surface area (Å²) in [6.07, 6.45) is 0.885. The van der Waals surface area contributed by atoms with E-state index in [1.807, 2.05) is 25.1 Å². The van der Waals surface area contributed by atoms with E-state index in [-0.39, 0.29) is 0 Å². The number of carbonyl (C=O) groups excluding carboxylic acids is 1. The van der Waals surface area contributed by atoms with Gasteiger partial charge in [0.15, 0.2) is 6.29 Å². The van der Waals surface area contributed by atoms with Crippen molar-refractivity contribution in [1.82, 2.24) is 0 Å². The van der Waals surface area contributed by atoms with Crippen LogP contribution >= 0.6 is 11.3 Å². The highest BCUT2D eigenvalue weighted by Crippen LogP contribution is 2.32. The second kappa shape index (κ2) is 3.42. The summed E-state index contributed by atoms with van der Waals surface area (Å²) >= 11 is 1.51. The largest absolute Gasteiger partial charge is 0.496 e. The number of methoxy groups -OCH3 is 1. The molecule has 0 aliphatic rings. The van der Waals surface area contributed by atoms with Crippen molar-refractivity contribution in [1.29, 1.82) is 0 Å². The highest BCUT2D eigenvalue weighted by Gasteiger charge is 2.07. The van der Waals surface area contributed by atoms with E-state index < -0.39 is 0 Å². The van der Waals surface area contributed by atoms with Gasteiger partial charge in [-0.25, -0.2) is 0 Å². The van der Waals surface area contributed by atoms with Crippen LogP contribution < -0.4 is 4.74 Å². The van der Waals surface area contributed by atoms with E-state index in [0.717, 1.165) is 32.6 Å². The molecule has 1 aromatic heterocycles. The molecular weight excluding hydrogens is 196 g/mol. The lowest BCUT2D eigenvalue weighted by Gasteiger charge is -2.04. The van der Waals surface area contributed by atoms with E-state index in [9.17, 15) is 4.79 Å². The van der Waals surface area contributed by atoms with Crippen molar-refractivity contribution in [2.24, 2.45) is 0 Å². The summed E-state index contributed by atoms with van der Waals surface area (Å²) in [5, 5.41) is 1.11. The summed E-state index contributed by atoms with van der Waals surface area (Å²) in [6.45, 7) is 2.00. The maximum absolute atomic E-state index is 10.6. The molecule has 3 heteroatoms. The van der Waals surface area contributed by atoms with Crippen LogP contribution in [-0.2, 0) is 0 Å². The van der Waals surface area contributed by atoms with Crippen molar-refractivity contribution in [2.75, 3.05) is 7.11 Å². The number of hydrogen-bond donors (Lipinski definition) is 0. The van der Waals surface area contributed by atoms with E-state index in [0.29, 0.717) is 0 Å². The van der Waals surface area contributed by atoms with E-state index >= 15 is 0 Å². The van der Waals surface area contributed by atoms with E-state index in [1.54, 1.807) is 7.11 Å². The van der Waals surface area contributed by atoms with Crippen LogP contribution in [0.15, 0.2) is 18.2 Å². The quantitative estimate of drug-likeness (QED) is 0.706. The molecule has 1 aromatic carbocycles. The molecule has 72 valence electrons. The molecule has 2 rings (SSSR count). The Balaban J connectivity index is 2.74. The second-order valence-corrected chi connectivity index (χ2v) is 4.19. The zero-order valence-electron chi connectivity index (χ0n) is 8.03. The summed E-state index contributed by atoms with van der Waals surface area (Å²) in [5.41, 5.74) is 1.09. The third kappa shape index (κ3) is 1.30. The van der Waals surface area contributed by atoms with Crippen LogP contribution in [0.1, 0.15) is 15.2 Å². The van der Waals surface area contributed by atoms with Gasteiger partial charge in [0, 0.05) is 4.70 Å². The lowest BCUT2D eigenvalue weighted by atomic mass is 10.1. The molecule has 0 saturated heterocycles. The maximum atomic E-state index is 10.6. The zero-order chi connectivity index (χ0) is 10.1. The Labute approximate surface area is 86.1 Å². The number of fused-ring (bicyclic) bond motifs is 1. The normalized spacial score (nSPS) is 10.4. The standard InChI is InChI=1S/C11H10O2S/c1-7-9-5-8(6-12)14-11(9)4-3-10(7)13-2/h3-6H,1-2H3. The molecule has 2 nitrogen and oxygen atoms in total. The van der Waals surface area contributed by atoms with Crippen LogP contribution in [0.2, 0.25) is 0 Å². The van der Waals surface area contributed by atoms with Crippen molar-refractivity contribution < 1.29 is 9.53 Å². The Kier molecular flexibility index (Phi) is 2.25. The third-order valence-corrected chi connectivity index (χ3v) is 3.30. The second-order valence-electron chi connectivity index (χ2n) is 3.07. The molecule has 0 saturated carbocycles. The molecule has 0 atom stereocenters. The number of carbonyl (C=O) groups is 1. The number of aryl methyl sites for hydroxylation is 1. The average Bonchev–Trinajstić information content (AvgIpc) is 2.62. The minimum absolute atomic E-state index is 0.761. The average molecular weight is 206 g/mol. The first kappa shape index (κ1) is 9.21. The highest BCUT2D eigenvalue weighted by atomic mass is 32.1. The Bertz CT molecular complexity index is 485. The molecule has 2 aromatic rings. The molecule has 14 heavy (non-hydrogen) atoms. The van der Waals surface area contributed by atoms with Crippen LogP contribution in [0, 0.1) is 6.92 Å². The van der Waals surface area contributed by atoms with Crippen molar-refractivity contribution in [3.63, 3.8) is 0 Å². The number of thiophene rings is 1. The fourth-order valence-electron chi connectivity index (χ4n) is 1.53. The van der Waals surface area contributed by atoms with Crippen molar-refractivity contribution in [2.45, 2.75) is 6.92 Å². The fraction of sp³-hybridized carbons (Fsp3) is 0.182. The van der Waals surface area contributed by atoms with Crippen molar-refractivity contribution in [3.05, 3.63) is 28.6 Å². The topological polar surface area (TPSA) is 26.3 Å². The maximum Gasteiger partial charge on any atom is 0.160 e. The summed E-state index contributed by atoms with van der Waals surface area (Å²) in [5.74, 6) is 0.868. The highest BCUT2D eigenvalue weighted by molar-refractivity contribution is 7.20. The summed E-state index contributed by atoms with van der Waals surface area (Å²) < 4.78 is 6.34. The van der Waals surface area contributed by atoms with Gasteiger partial charge in [-0.3, -0.25) is 4.79 Å². The molecule has 0 unspecified atom stereocenters. The van der Waals surface area contributed by atoms with Gasteiger partial charge in [0.1, 0.15) is 5.75 Å². The van der Waals surface area contributed by atoms with Crippen LogP contribution in [0.25, 0.3) is 10.1 Å².